The second-order valence-corrected chi connectivity index (χ2v) is 24.6. The second kappa shape index (κ2) is 64.9. The fourth-order valence-corrected chi connectivity index (χ4v) is 11.5. The highest BCUT2D eigenvalue weighted by molar-refractivity contribution is 5.80. The van der Waals surface area contributed by atoms with Crippen LogP contribution in [0.4, 0.5) is 0 Å². The maximum Gasteiger partial charge on any atom is 0.249 e. The number of allylic oxidation sites excluding steroid dienone is 2. The van der Waals surface area contributed by atoms with Gasteiger partial charge in [0.05, 0.1) is 18.8 Å². The Hall–Kier alpha value is -0.950. The molecule has 0 bridgehead atoms. The number of carbonyl (C=O) groups is 1. The molecule has 0 rings (SSSR count). The lowest BCUT2D eigenvalue weighted by molar-refractivity contribution is -0.132. The predicted molar refractivity (Wildman–Crippen MR) is 335 cm³/mol. The molecule has 4 unspecified atom stereocenters. The Kier molecular flexibility index (Phi) is 64.1. The molecule has 0 aromatic heterocycles. The fraction of sp³-hybridized carbons (Fsp3) is 0.957. The molecular formula is C70H139NO5. The summed E-state index contributed by atoms with van der Waals surface area (Å²) in [7, 11) is 0. The molecule has 0 spiro atoms. The summed E-state index contributed by atoms with van der Waals surface area (Å²) in [6.07, 6.45) is 80.6. The summed E-state index contributed by atoms with van der Waals surface area (Å²) in [5, 5.41) is 44.2. The minimum Gasteiger partial charge on any atom is -0.394 e. The van der Waals surface area contributed by atoms with Crippen molar-refractivity contribution < 1.29 is 25.2 Å². The van der Waals surface area contributed by atoms with Gasteiger partial charge in [0.1, 0.15) is 12.2 Å². The van der Waals surface area contributed by atoms with Gasteiger partial charge in [0.2, 0.25) is 5.91 Å². The van der Waals surface area contributed by atoms with Gasteiger partial charge in [0, 0.05) is 0 Å². The lowest BCUT2D eigenvalue weighted by Gasteiger charge is -2.27. The quantitative estimate of drug-likeness (QED) is 0.0308. The Morgan fingerprint density at radius 1 is 0.316 bits per heavy atom. The van der Waals surface area contributed by atoms with E-state index >= 15 is 0 Å². The zero-order valence-electron chi connectivity index (χ0n) is 51.8. The van der Waals surface area contributed by atoms with E-state index in [-0.39, 0.29) is 0 Å². The van der Waals surface area contributed by atoms with Crippen LogP contribution in [0.15, 0.2) is 12.2 Å². The van der Waals surface area contributed by atoms with Crippen LogP contribution in [0, 0.1) is 0 Å². The molecule has 0 aliphatic rings. The average molecular weight is 1070 g/mol. The van der Waals surface area contributed by atoms with Crippen molar-refractivity contribution in [3.63, 3.8) is 0 Å². The number of amides is 1. The number of hydrogen-bond acceptors (Lipinski definition) is 5. The van der Waals surface area contributed by atoms with E-state index in [2.05, 4.69) is 31.3 Å². The van der Waals surface area contributed by atoms with Crippen molar-refractivity contribution in [1.82, 2.24) is 5.32 Å². The van der Waals surface area contributed by atoms with E-state index in [1.807, 2.05) is 0 Å². The Balaban J connectivity index is 3.53. The number of carbonyl (C=O) groups excluding carboxylic acids is 1. The van der Waals surface area contributed by atoms with E-state index in [1.54, 1.807) is 0 Å². The first kappa shape index (κ1) is 75.0. The Bertz CT molecular complexity index is 1120. The summed E-state index contributed by atoms with van der Waals surface area (Å²) in [6, 6.07) is -1.00. The largest absolute Gasteiger partial charge is 0.394 e. The molecule has 6 heteroatoms. The van der Waals surface area contributed by atoms with Crippen LogP contribution >= 0.6 is 0 Å². The van der Waals surface area contributed by atoms with Crippen LogP contribution in [0.2, 0.25) is 0 Å². The van der Waals surface area contributed by atoms with Gasteiger partial charge in [-0.15, -0.1) is 0 Å². The molecule has 454 valence electrons. The predicted octanol–water partition coefficient (Wildman–Crippen LogP) is 21.5. The minimum absolute atomic E-state index is 0.369. The molecule has 76 heavy (non-hydrogen) atoms. The van der Waals surface area contributed by atoms with Crippen molar-refractivity contribution in [3.05, 3.63) is 12.2 Å². The highest BCUT2D eigenvalue weighted by Gasteiger charge is 2.28. The van der Waals surface area contributed by atoms with Crippen molar-refractivity contribution in [2.45, 2.75) is 423 Å². The van der Waals surface area contributed by atoms with E-state index in [0.717, 1.165) is 38.5 Å². The van der Waals surface area contributed by atoms with Crippen molar-refractivity contribution in [2.24, 2.45) is 0 Å². The first-order valence-corrected chi connectivity index (χ1v) is 35.1. The number of aliphatic hydroxyl groups excluding tert-OH is 4. The van der Waals surface area contributed by atoms with E-state index < -0.39 is 36.9 Å². The molecule has 1 amide bonds. The summed E-state index contributed by atoms with van der Waals surface area (Å²) < 4.78 is 0. The normalized spacial score (nSPS) is 13.5. The maximum absolute atomic E-state index is 12.7. The third kappa shape index (κ3) is 57.7. The fourth-order valence-electron chi connectivity index (χ4n) is 11.5. The maximum atomic E-state index is 12.7. The zero-order valence-corrected chi connectivity index (χ0v) is 51.8. The molecule has 0 saturated heterocycles. The summed E-state index contributed by atoms with van der Waals surface area (Å²) in [6.45, 7) is 4.11. The van der Waals surface area contributed by atoms with Crippen LogP contribution < -0.4 is 5.32 Å². The smallest absolute Gasteiger partial charge is 0.249 e. The van der Waals surface area contributed by atoms with Crippen LogP contribution in [0.5, 0.6) is 0 Å². The lowest BCUT2D eigenvalue weighted by atomic mass is 10.00. The molecule has 4 atom stereocenters. The summed E-state index contributed by atoms with van der Waals surface area (Å²) >= 11 is 0. The van der Waals surface area contributed by atoms with Crippen molar-refractivity contribution in [3.8, 4) is 0 Å². The van der Waals surface area contributed by atoms with Crippen LogP contribution in [0.3, 0.4) is 0 Å². The minimum atomic E-state index is -1.28. The summed E-state index contributed by atoms with van der Waals surface area (Å²) in [5.41, 5.74) is 0. The Morgan fingerprint density at radius 3 is 0.789 bits per heavy atom. The van der Waals surface area contributed by atoms with Crippen LogP contribution in [0.25, 0.3) is 0 Å². The van der Waals surface area contributed by atoms with Gasteiger partial charge in [-0.05, 0) is 38.5 Å². The third-order valence-electron chi connectivity index (χ3n) is 17.0. The molecule has 0 aromatic rings. The van der Waals surface area contributed by atoms with E-state index in [9.17, 15) is 25.2 Å². The number of hydrogen-bond donors (Lipinski definition) is 5. The molecule has 0 fully saturated rings. The summed E-state index contributed by atoms with van der Waals surface area (Å²) in [5.74, 6) is -0.584. The lowest BCUT2D eigenvalue weighted by Crippen LogP contribution is -2.53. The molecule has 5 N–H and O–H groups in total. The van der Waals surface area contributed by atoms with Gasteiger partial charge in [-0.1, -0.05) is 373 Å². The Morgan fingerprint density at radius 2 is 0.539 bits per heavy atom. The Labute approximate surface area is 476 Å². The van der Waals surface area contributed by atoms with Gasteiger partial charge in [-0.2, -0.15) is 0 Å². The molecule has 0 aromatic carbocycles. The molecule has 0 aliphatic heterocycles. The van der Waals surface area contributed by atoms with Crippen molar-refractivity contribution >= 4 is 5.91 Å². The standard InChI is InChI=1S/C70H139NO5/c1-3-5-7-9-11-13-15-17-19-21-23-25-27-29-31-32-33-34-35-36-37-38-40-42-44-46-48-50-52-54-56-58-60-62-64-68(74)70(76)71-66(65-72)69(75)67(73)63-61-59-57-55-53-51-49-47-45-43-41-39-30-28-26-24-22-20-18-16-14-12-10-8-6-4-2/h55,57,66-69,72-75H,3-54,56,58-65H2,1-2H3,(H,71,76)/b57-55+. The first-order valence-electron chi connectivity index (χ1n) is 35.1. The number of nitrogens with one attached hydrogen (secondary N) is 1. The second-order valence-electron chi connectivity index (χ2n) is 24.6. The van der Waals surface area contributed by atoms with Gasteiger partial charge in [0.25, 0.3) is 0 Å². The molecular weight excluding hydrogens is 935 g/mol. The number of rotatable bonds is 66. The van der Waals surface area contributed by atoms with Gasteiger partial charge >= 0.3 is 0 Å². The van der Waals surface area contributed by atoms with Gasteiger partial charge in [0.15, 0.2) is 0 Å². The molecule has 6 nitrogen and oxygen atoms in total. The molecule has 0 aliphatic carbocycles. The van der Waals surface area contributed by atoms with Gasteiger partial charge < -0.3 is 25.7 Å². The van der Waals surface area contributed by atoms with Crippen LogP contribution in [0.1, 0.15) is 399 Å². The van der Waals surface area contributed by atoms with Gasteiger partial charge in [-0.3, -0.25) is 4.79 Å². The van der Waals surface area contributed by atoms with E-state index in [1.165, 1.54) is 334 Å². The average Bonchev–Trinajstić information content (AvgIpc) is 3.42. The molecule has 0 radical (unpaired) electrons. The molecule has 0 heterocycles. The SMILES string of the molecule is CCCCCCCCCCCCCCCCCCCCCCC/C=C/CCCC(O)C(O)C(CO)NC(=O)C(O)CCCCCCCCCCCCCCCCCCCCCCCCCCCCCCCCCCCC. The molecule has 0 saturated carbocycles. The zero-order chi connectivity index (χ0) is 55.1. The van der Waals surface area contributed by atoms with Crippen LogP contribution in [-0.4, -0.2) is 57.3 Å². The first-order chi connectivity index (χ1) is 37.5. The van der Waals surface area contributed by atoms with Crippen LogP contribution in [-0.2, 0) is 4.79 Å². The highest BCUT2D eigenvalue weighted by Crippen LogP contribution is 2.20. The van der Waals surface area contributed by atoms with Crippen molar-refractivity contribution in [2.75, 3.05) is 6.61 Å². The van der Waals surface area contributed by atoms with Crippen molar-refractivity contribution in [1.29, 1.82) is 0 Å². The van der Waals surface area contributed by atoms with E-state index in [0.29, 0.717) is 12.8 Å². The number of unbranched alkanes of at least 4 members (excludes halogenated alkanes) is 55. The third-order valence-corrected chi connectivity index (χ3v) is 17.0. The highest BCUT2D eigenvalue weighted by atomic mass is 16.3. The summed E-state index contributed by atoms with van der Waals surface area (Å²) in [4.78, 5) is 12.7. The van der Waals surface area contributed by atoms with E-state index in [4.69, 9.17) is 0 Å². The topological polar surface area (TPSA) is 110 Å². The number of aliphatic hydroxyl groups is 4. The van der Waals surface area contributed by atoms with Gasteiger partial charge in [-0.25, -0.2) is 0 Å². The monoisotopic (exact) mass is 1070 g/mol.